The number of hydrogen-bond acceptors (Lipinski definition) is 2. The predicted molar refractivity (Wildman–Crippen MR) is 82.8 cm³/mol. The summed E-state index contributed by atoms with van der Waals surface area (Å²) in [5, 5.41) is 3.65. The van der Waals surface area contributed by atoms with Crippen LogP contribution in [0.4, 0.5) is 0 Å². The van der Waals surface area contributed by atoms with Crippen LogP contribution in [0.25, 0.3) is 0 Å². The molecule has 0 heterocycles. The van der Waals surface area contributed by atoms with Crippen molar-refractivity contribution in [2.75, 3.05) is 19.8 Å². The topological polar surface area (TPSA) is 21.3 Å². The molecule has 19 heavy (non-hydrogen) atoms. The Hall–Kier alpha value is -0.860. The highest BCUT2D eigenvalue weighted by Gasteiger charge is 2.14. The smallest absolute Gasteiger partial charge is 0.0484 e. The van der Waals surface area contributed by atoms with Gasteiger partial charge in [0.25, 0.3) is 0 Å². The predicted octanol–water partition coefficient (Wildman–Crippen LogP) is 4.08. The number of benzene rings is 1. The van der Waals surface area contributed by atoms with Crippen LogP contribution in [0.15, 0.2) is 12.1 Å². The van der Waals surface area contributed by atoms with Crippen LogP contribution in [0.5, 0.6) is 0 Å². The van der Waals surface area contributed by atoms with Crippen molar-refractivity contribution in [2.45, 2.75) is 53.5 Å². The second-order valence-corrected chi connectivity index (χ2v) is 5.29. The van der Waals surface area contributed by atoms with Gasteiger partial charge in [-0.25, -0.2) is 0 Å². The largest absolute Gasteiger partial charge is 0.382 e. The minimum atomic E-state index is 0.408. The Balaban J connectivity index is 2.85. The molecule has 0 aliphatic carbocycles. The number of nitrogens with one attached hydrogen (secondary N) is 1. The molecule has 0 aliphatic rings. The van der Waals surface area contributed by atoms with Crippen molar-refractivity contribution in [1.82, 2.24) is 5.32 Å². The highest BCUT2D eigenvalue weighted by molar-refractivity contribution is 5.38. The SMILES string of the molecule is CCCNC(CCOCC)c1cc(C)c(C)cc1C. The highest BCUT2D eigenvalue weighted by atomic mass is 16.5. The van der Waals surface area contributed by atoms with Crippen LogP contribution in [0.1, 0.15) is 55.0 Å². The molecular formula is C17H29NO. The average Bonchev–Trinajstić information content (AvgIpc) is 2.38. The summed E-state index contributed by atoms with van der Waals surface area (Å²) in [7, 11) is 0. The van der Waals surface area contributed by atoms with Crippen molar-refractivity contribution >= 4 is 0 Å². The summed E-state index contributed by atoms with van der Waals surface area (Å²) in [6.07, 6.45) is 2.20. The van der Waals surface area contributed by atoms with Gasteiger partial charge in [-0.15, -0.1) is 0 Å². The normalized spacial score (nSPS) is 12.7. The van der Waals surface area contributed by atoms with Gasteiger partial charge in [0.2, 0.25) is 0 Å². The molecule has 2 nitrogen and oxygen atoms in total. The molecule has 1 aromatic rings. The lowest BCUT2D eigenvalue weighted by Gasteiger charge is -2.22. The lowest BCUT2D eigenvalue weighted by Crippen LogP contribution is -2.24. The Morgan fingerprint density at radius 3 is 2.37 bits per heavy atom. The zero-order chi connectivity index (χ0) is 14.3. The molecule has 1 aromatic carbocycles. The Labute approximate surface area is 118 Å². The second-order valence-electron chi connectivity index (χ2n) is 5.29. The molecule has 0 saturated carbocycles. The molecule has 1 atom stereocenters. The van der Waals surface area contributed by atoms with Crippen LogP contribution in [-0.4, -0.2) is 19.8 Å². The number of aryl methyl sites for hydroxylation is 3. The van der Waals surface area contributed by atoms with Gasteiger partial charge in [0.15, 0.2) is 0 Å². The van der Waals surface area contributed by atoms with Gasteiger partial charge in [0.1, 0.15) is 0 Å². The fraction of sp³-hybridized carbons (Fsp3) is 0.647. The summed E-state index contributed by atoms with van der Waals surface area (Å²) in [6, 6.07) is 5.04. The Morgan fingerprint density at radius 2 is 1.74 bits per heavy atom. The maximum atomic E-state index is 5.52. The van der Waals surface area contributed by atoms with E-state index < -0.39 is 0 Å². The monoisotopic (exact) mass is 263 g/mol. The molecule has 0 bridgehead atoms. The molecule has 0 saturated heterocycles. The number of rotatable bonds is 8. The molecule has 1 rings (SSSR count). The molecule has 0 aliphatic heterocycles. The molecule has 0 amide bonds. The standard InChI is InChI=1S/C17H29NO/c1-6-9-18-17(8-10-19-7-2)16-12-14(4)13(3)11-15(16)5/h11-12,17-18H,6-10H2,1-5H3. The van der Waals surface area contributed by atoms with Gasteiger partial charge in [-0.2, -0.15) is 0 Å². The minimum Gasteiger partial charge on any atom is -0.382 e. The molecule has 0 radical (unpaired) electrons. The van der Waals surface area contributed by atoms with Gasteiger partial charge in [-0.05, 0) is 69.3 Å². The van der Waals surface area contributed by atoms with Gasteiger partial charge < -0.3 is 10.1 Å². The lowest BCUT2D eigenvalue weighted by molar-refractivity contribution is 0.136. The Kier molecular flexibility index (Phi) is 7.11. The maximum Gasteiger partial charge on any atom is 0.0484 e. The van der Waals surface area contributed by atoms with Crippen molar-refractivity contribution in [3.05, 3.63) is 34.4 Å². The summed E-state index contributed by atoms with van der Waals surface area (Å²) in [4.78, 5) is 0. The zero-order valence-corrected chi connectivity index (χ0v) is 13.2. The van der Waals surface area contributed by atoms with Crippen LogP contribution in [0.2, 0.25) is 0 Å². The lowest BCUT2D eigenvalue weighted by atomic mass is 9.94. The molecule has 1 unspecified atom stereocenters. The summed E-state index contributed by atoms with van der Waals surface area (Å²) in [5.74, 6) is 0. The fourth-order valence-electron chi connectivity index (χ4n) is 2.39. The second kappa shape index (κ2) is 8.34. The van der Waals surface area contributed by atoms with E-state index in [0.717, 1.165) is 32.6 Å². The third kappa shape index (κ3) is 4.96. The van der Waals surface area contributed by atoms with E-state index in [0.29, 0.717) is 6.04 Å². The highest BCUT2D eigenvalue weighted by Crippen LogP contribution is 2.24. The minimum absolute atomic E-state index is 0.408. The first-order valence-corrected chi connectivity index (χ1v) is 7.49. The van der Waals surface area contributed by atoms with Crippen LogP contribution in [0.3, 0.4) is 0 Å². The maximum absolute atomic E-state index is 5.52. The quantitative estimate of drug-likeness (QED) is 0.714. The van der Waals surface area contributed by atoms with E-state index in [1.54, 1.807) is 0 Å². The Bertz CT molecular complexity index is 387. The number of hydrogen-bond donors (Lipinski definition) is 1. The van der Waals surface area contributed by atoms with Gasteiger partial charge in [0.05, 0.1) is 0 Å². The van der Waals surface area contributed by atoms with E-state index in [1.807, 2.05) is 0 Å². The van der Waals surface area contributed by atoms with Crippen LogP contribution >= 0.6 is 0 Å². The van der Waals surface area contributed by atoms with E-state index in [2.05, 4.69) is 52.1 Å². The van der Waals surface area contributed by atoms with Gasteiger partial charge in [-0.3, -0.25) is 0 Å². The van der Waals surface area contributed by atoms with Crippen LogP contribution < -0.4 is 5.32 Å². The van der Waals surface area contributed by atoms with E-state index >= 15 is 0 Å². The van der Waals surface area contributed by atoms with E-state index in [1.165, 1.54) is 22.3 Å². The zero-order valence-electron chi connectivity index (χ0n) is 13.2. The fourth-order valence-corrected chi connectivity index (χ4v) is 2.39. The van der Waals surface area contributed by atoms with Gasteiger partial charge >= 0.3 is 0 Å². The molecule has 108 valence electrons. The van der Waals surface area contributed by atoms with Crippen LogP contribution in [0, 0.1) is 20.8 Å². The summed E-state index contributed by atoms with van der Waals surface area (Å²) >= 11 is 0. The molecular weight excluding hydrogens is 234 g/mol. The van der Waals surface area contributed by atoms with Crippen molar-refractivity contribution in [1.29, 1.82) is 0 Å². The van der Waals surface area contributed by atoms with Gasteiger partial charge in [0, 0.05) is 19.3 Å². The molecule has 0 aromatic heterocycles. The third-order valence-corrected chi connectivity index (χ3v) is 3.65. The molecule has 0 spiro atoms. The summed E-state index contributed by atoms with van der Waals surface area (Å²) in [5.41, 5.74) is 5.56. The van der Waals surface area contributed by atoms with E-state index in [-0.39, 0.29) is 0 Å². The summed E-state index contributed by atoms with van der Waals surface area (Å²) < 4.78 is 5.52. The van der Waals surface area contributed by atoms with E-state index in [4.69, 9.17) is 4.74 Å². The van der Waals surface area contributed by atoms with E-state index in [9.17, 15) is 0 Å². The van der Waals surface area contributed by atoms with Crippen molar-refractivity contribution < 1.29 is 4.74 Å². The average molecular weight is 263 g/mol. The third-order valence-electron chi connectivity index (χ3n) is 3.65. The molecule has 2 heteroatoms. The van der Waals surface area contributed by atoms with Crippen molar-refractivity contribution in [3.63, 3.8) is 0 Å². The molecule has 0 fully saturated rings. The Morgan fingerprint density at radius 1 is 1.05 bits per heavy atom. The van der Waals surface area contributed by atoms with Crippen molar-refractivity contribution in [3.8, 4) is 0 Å². The summed E-state index contributed by atoms with van der Waals surface area (Å²) in [6.45, 7) is 13.5. The first-order valence-electron chi connectivity index (χ1n) is 7.49. The number of ether oxygens (including phenoxy) is 1. The first-order chi connectivity index (χ1) is 9.10. The first kappa shape index (κ1) is 16.2. The molecule has 1 N–H and O–H groups in total. The van der Waals surface area contributed by atoms with Crippen molar-refractivity contribution in [2.24, 2.45) is 0 Å². The van der Waals surface area contributed by atoms with Gasteiger partial charge in [-0.1, -0.05) is 19.1 Å². The van der Waals surface area contributed by atoms with Crippen LogP contribution in [-0.2, 0) is 4.74 Å².